The number of nitrogens with one attached hydrogen (secondary N) is 1. The Labute approximate surface area is 83.9 Å². The van der Waals surface area contributed by atoms with Crippen LogP contribution in [0, 0.1) is 0 Å². The van der Waals surface area contributed by atoms with Crippen molar-refractivity contribution in [3.8, 4) is 0 Å². The number of allylic oxidation sites excluding steroid dienone is 3. The summed E-state index contributed by atoms with van der Waals surface area (Å²) in [7, 11) is 0. The molecule has 1 aliphatic carbocycles. The minimum absolute atomic E-state index is 0.439. The van der Waals surface area contributed by atoms with Gasteiger partial charge in [0.2, 0.25) is 11.6 Å². The Morgan fingerprint density at radius 1 is 1.14 bits per heavy atom. The molecule has 0 heterocycles. The second kappa shape index (κ2) is 5.37. The highest BCUT2D eigenvalue weighted by Crippen LogP contribution is 2.02. The summed E-state index contributed by atoms with van der Waals surface area (Å²) in [6.45, 7) is 2.99. The third-order valence-electron chi connectivity index (χ3n) is 2.05. The van der Waals surface area contributed by atoms with Crippen molar-refractivity contribution in [3.05, 3.63) is 23.9 Å². The molecule has 0 spiro atoms. The summed E-state index contributed by atoms with van der Waals surface area (Å²) in [4.78, 5) is 21.8. The first-order valence-electron chi connectivity index (χ1n) is 4.96. The number of hydrogen-bond acceptors (Lipinski definition) is 3. The summed E-state index contributed by atoms with van der Waals surface area (Å²) < 4.78 is 0. The fraction of sp³-hybridized carbons (Fsp3) is 0.455. The van der Waals surface area contributed by atoms with Gasteiger partial charge in [0.1, 0.15) is 0 Å². The summed E-state index contributed by atoms with van der Waals surface area (Å²) >= 11 is 0. The lowest BCUT2D eigenvalue weighted by atomic mass is 10.1. The minimum atomic E-state index is -0.441. The number of unbranched alkanes of at least 4 members (excludes halogenated alkanes) is 2. The average Bonchev–Trinajstić information content (AvgIpc) is 2.18. The smallest absolute Gasteiger partial charge is 0.227 e. The van der Waals surface area contributed by atoms with Crippen molar-refractivity contribution in [1.82, 2.24) is 5.32 Å². The summed E-state index contributed by atoms with van der Waals surface area (Å²) in [6.07, 6.45) is 7.75. The van der Waals surface area contributed by atoms with Gasteiger partial charge in [0.15, 0.2) is 0 Å². The van der Waals surface area contributed by atoms with Crippen LogP contribution in [0.2, 0.25) is 0 Å². The molecule has 0 radical (unpaired) electrons. The van der Waals surface area contributed by atoms with E-state index < -0.39 is 11.6 Å². The Balaban J connectivity index is 2.32. The van der Waals surface area contributed by atoms with Crippen molar-refractivity contribution in [1.29, 1.82) is 0 Å². The van der Waals surface area contributed by atoms with Gasteiger partial charge in [-0.2, -0.15) is 0 Å². The molecule has 1 rings (SSSR count). The van der Waals surface area contributed by atoms with Gasteiger partial charge in [0.25, 0.3) is 0 Å². The molecule has 0 fully saturated rings. The van der Waals surface area contributed by atoms with Crippen LogP contribution in [0.3, 0.4) is 0 Å². The van der Waals surface area contributed by atoms with Crippen LogP contribution < -0.4 is 5.32 Å². The molecule has 0 unspecified atom stereocenters. The van der Waals surface area contributed by atoms with E-state index in [1.54, 1.807) is 6.08 Å². The molecular weight excluding hydrogens is 178 g/mol. The van der Waals surface area contributed by atoms with Crippen molar-refractivity contribution < 1.29 is 9.59 Å². The topological polar surface area (TPSA) is 46.2 Å². The fourth-order valence-electron chi connectivity index (χ4n) is 1.23. The van der Waals surface area contributed by atoms with Crippen molar-refractivity contribution in [2.75, 3.05) is 6.54 Å². The lowest BCUT2D eigenvalue weighted by Gasteiger charge is -2.08. The zero-order valence-electron chi connectivity index (χ0n) is 8.38. The largest absolute Gasteiger partial charge is 0.385 e. The highest BCUT2D eigenvalue weighted by atomic mass is 16.2. The molecule has 3 nitrogen and oxygen atoms in total. The van der Waals surface area contributed by atoms with Crippen LogP contribution in [0.25, 0.3) is 0 Å². The zero-order chi connectivity index (χ0) is 10.4. The second-order valence-corrected chi connectivity index (χ2v) is 3.30. The van der Waals surface area contributed by atoms with Crippen LogP contribution in [0.4, 0.5) is 0 Å². The number of carbonyl (C=O) groups excluding carboxylic acids is 2. The first-order chi connectivity index (χ1) is 6.74. The third-order valence-corrected chi connectivity index (χ3v) is 2.05. The van der Waals surface area contributed by atoms with Crippen LogP contribution in [0.5, 0.6) is 0 Å². The van der Waals surface area contributed by atoms with E-state index in [0.717, 1.165) is 18.7 Å². The number of hydrogen-bond donors (Lipinski definition) is 1. The Morgan fingerprint density at radius 3 is 2.57 bits per heavy atom. The van der Waals surface area contributed by atoms with E-state index in [1.807, 2.05) is 0 Å². The quantitative estimate of drug-likeness (QED) is 0.407. The minimum Gasteiger partial charge on any atom is -0.385 e. The molecular formula is C11H15NO2. The van der Waals surface area contributed by atoms with E-state index in [9.17, 15) is 9.59 Å². The van der Waals surface area contributed by atoms with Crippen molar-refractivity contribution in [3.63, 3.8) is 0 Å². The van der Waals surface area contributed by atoms with Gasteiger partial charge in [-0.15, -0.1) is 0 Å². The summed E-state index contributed by atoms with van der Waals surface area (Å²) in [5.41, 5.74) is 0.741. The Kier molecular flexibility index (Phi) is 4.11. The van der Waals surface area contributed by atoms with Gasteiger partial charge < -0.3 is 5.32 Å². The average molecular weight is 193 g/mol. The van der Waals surface area contributed by atoms with E-state index in [4.69, 9.17) is 0 Å². The molecule has 1 N–H and O–H groups in total. The van der Waals surface area contributed by atoms with Crippen molar-refractivity contribution >= 4 is 11.6 Å². The lowest BCUT2D eigenvalue weighted by molar-refractivity contribution is -0.131. The normalized spacial score (nSPS) is 15.6. The van der Waals surface area contributed by atoms with Crippen molar-refractivity contribution in [2.24, 2.45) is 0 Å². The summed E-state index contributed by atoms with van der Waals surface area (Å²) in [5, 5.41) is 3.11. The zero-order valence-corrected chi connectivity index (χ0v) is 8.38. The maximum absolute atomic E-state index is 11.0. The van der Waals surface area contributed by atoms with Crippen LogP contribution in [0.1, 0.15) is 26.2 Å². The fourth-order valence-corrected chi connectivity index (χ4v) is 1.23. The first kappa shape index (κ1) is 10.7. The van der Waals surface area contributed by atoms with Crippen LogP contribution >= 0.6 is 0 Å². The monoisotopic (exact) mass is 193 g/mol. The van der Waals surface area contributed by atoms with Crippen LogP contribution in [-0.4, -0.2) is 18.1 Å². The summed E-state index contributed by atoms with van der Waals surface area (Å²) in [5.74, 6) is -0.880. The van der Waals surface area contributed by atoms with E-state index in [-0.39, 0.29) is 0 Å². The van der Waals surface area contributed by atoms with Gasteiger partial charge in [0, 0.05) is 18.3 Å². The van der Waals surface area contributed by atoms with Crippen molar-refractivity contribution in [2.45, 2.75) is 26.2 Å². The predicted octanol–water partition coefficient (Wildman–Crippen LogP) is 1.36. The maximum atomic E-state index is 11.0. The molecule has 0 bridgehead atoms. The molecule has 0 saturated carbocycles. The van der Waals surface area contributed by atoms with Gasteiger partial charge in [0.05, 0.1) is 0 Å². The van der Waals surface area contributed by atoms with Gasteiger partial charge in [-0.25, -0.2) is 0 Å². The van der Waals surface area contributed by atoms with Gasteiger partial charge >= 0.3 is 0 Å². The lowest BCUT2D eigenvalue weighted by Crippen LogP contribution is -2.20. The maximum Gasteiger partial charge on any atom is 0.227 e. The molecule has 0 amide bonds. The molecule has 76 valence electrons. The molecule has 0 aromatic heterocycles. The third kappa shape index (κ3) is 3.17. The van der Waals surface area contributed by atoms with E-state index >= 15 is 0 Å². The molecule has 1 aliphatic rings. The molecule has 0 saturated heterocycles. The number of rotatable bonds is 5. The van der Waals surface area contributed by atoms with Gasteiger partial charge in [-0.3, -0.25) is 9.59 Å². The van der Waals surface area contributed by atoms with Gasteiger partial charge in [-0.05, 0) is 18.6 Å². The standard InChI is InChI=1S/C11H15NO2/c1-2-3-4-7-12-9-5-6-10(13)11(14)8-9/h5-6,8,12H,2-4,7H2,1H3. The van der Waals surface area contributed by atoms with E-state index in [0.29, 0.717) is 0 Å². The summed E-state index contributed by atoms with van der Waals surface area (Å²) in [6, 6.07) is 0. The van der Waals surface area contributed by atoms with E-state index in [2.05, 4.69) is 12.2 Å². The van der Waals surface area contributed by atoms with Gasteiger partial charge in [-0.1, -0.05) is 19.8 Å². The number of carbonyl (C=O) groups is 2. The highest BCUT2D eigenvalue weighted by Gasteiger charge is 2.12. The number of ketones is 2. The second-order valence-electron chi connectivity index (χ2n) is 3.30. The predicted molar refractivity (Wildman–Crippen MR) is 54.8 cm³/mol. The molecule has 0 aromatic carbocycles. The Bertz CT molecular complexity index is 290. The highest BCUT2D eigenvalue weighted by molar-refractivity contribution is 6.46. The first-order valence-corrected chi connectivity index (χ1v) is 4.96. The SMILES string of the molecule is CCCCCNC1=CC(=O)C(=O)C=C1. The van der Waals surface area contributed by atoms with Crippen LogP contribution in [-0.2, 0) is 9.59 Å². The Morgan fingerprint density at radius 2 is 1.93 bits per heavy atom. The molecule has 0 aromatic rings. The molecule has 0 atom stereocenters. The van der Waals surface area contributed by atoms with Crippen LogP contribution in [0.15, 0.2) is 23.9 Å². The molecule has 0 aliphatic heterocycles. The Hall–Kier alpha value is -1.38. The van der Waals surface area contributed by atoms with E-state index in [1.165, 1.54) is 25.0 Å². The molecule has 3 heteroatoms. The molecule has 14 heavy (non-hydrogen) atoms.